The number of nitrogens with zero attached hydrogens (tertiary/aromatic N) is 1. The first-order valence-corrected chi connectivity index (χ1v) is 9.49. The average Bonchev–Trinajstić information content (AvgIpc) is 2.62. The smallest absolute Gasteiger partial charge is 0.323 e. The van der Waals surface area contributed by atoms with Crippen LogP contribution in [-0.4, -0.2) is 11.0 Å². The minimum Gasteiger partial charge on any atom is -0.354 e. The first-order chi connectivity index (χ1) is 13.5. The maximum absolute atomic E-state index is 12.2. The van der Waals surface area contributed by atoms with Crippen molar-refractivity contribution in [2.45, 2.75) is 34.6 Å². The average molecular weight is 391 g/mol. The van der Waals surface area contributed by atoms with Crippen LogP contribution in [0.2, 0.25) is 0 Å². The highest BCUT2D eigenvalue weighted by atomic mass is 16.2. The Balaban J connectivity index is 1.92. The Bertz CT molecular complexity index is 934. The van der Waals surface area contributed by atoms with E-state index in [4.69, 9.17) is 0 Å². The van der Waals surface area contributed by atoms with Gasteiger partial charge in [0.05, 0.1) is 11.4 Å². The van der Waals surface area contributed by atoms with Crippen molar-refractivity contribution in [2.75, 3.05) is 10.6 Å². The summed E-state index contributed by atoms with van der Waals surface area (Å²) in [5.74, 6) is 0. The summed E-state index contributed by atoms with van der Waals surface area (Å²) in [6.45, 7) is 18.3. The van der Waals surface area contributed by atoms with Gasteiger partial charge in [-0.05, 0) is 67.3 Å². The van der Waals surface area contributed by atoms with Crippen molar-refractivity contribution in [3.8, 4) is 0 Å². The standard InChI is InChI=1S/C24H30N4O/c1-16-12-13-25-22(14-16)19(4)27-20-8-10-21(11-9-20)28-23(29)26-18(3)15-17(2)24(5,6)7/h8-15,27H,3-4H2,1-2,5-7H3,(H2,26,28,29)/b17-15+. The Labute approximate surface area is 173 Å². The van der Waals surface area contributed by atoms with Gasteiger partial charge in [0.2, 0.25) is 0 Å². The molecular formula is C24H30N4O. The van der Waals surface area contributed by atoms with E-state index in [1.54, 1.807) is 6.20 Å². The van der Waals surface area contributed by atoms with Crippen molar-refractivity contribution in [1.29, 1.82) is 0 Å². The van der Waals surface area contributed by atoms with E-state index in [1.807, 2.05) is 56.3 Å². The summed E-state index contributed by atoms with van der Waals surface area (Å²) in [6, 6.07) is 11.0. The predicted molar refractivity (Wildman–Crippen MR) is 123 cm³/mol. The third-order valence-electron chi connectivity index (χ3n) is 4.51. The van der Waals surface area contributed by atoms with Gasteiger partial charge in [-0.15, -0.1) is 0 Å². The van der Waals surface area contributed by atoms with E-state index in [1.165, 1.54) is 0 Å². The normalized spacial score (nSPS) is 11.6. The van der Waals surface area contributed by atoms with E-state index < -0.39 is 0 Å². The summed E-state index contributed by atoms with van der Waals surface area (Å²) >= 11 is 0. The number of benzene rings is 1. The number of hydrogen-bond donors (Lipinski definition) is 3. The van der Waals surface area contributed by atoms with Crippen molar-refractivity contribution >= 4 is 23.1 Å². The van der Waals surface area contributed by atoms with Crippen molar-refractivity contribution in [3.05, 3.63) is 84.4 Å². The van der Waals surface area contributed by atoms with Crippen LogP contribution in [0, 0.1) is 12.3 Å². The molecule has 0 atom stereocenters. The second-order valence-electron chi connectivity index (χ2n) is 8.08. The van der Waals surface area contributed by atoms with Gasteiger partial charge < -0.3 is 16.0 Å². The molecule has 0 radical (unpaired) electrons. The van der Waals surface area contributed by atoms with E-state index in [2.05, 4.69) is 54.9 Å². The van der Waals surface area contributed by atoms with Crippen molar-refractivity contribution in [2.24, 2.45) is 5.41 Å². The summed E-state index contributed by atoms with van der Waals surface area (Å²) in [5, 5.41) is 8.77. The van der Waals surface area contributed by atoms with Gasteiger partial charge in [0, 0.05) is 23.3 Å². The lowest BCUT2D eigenvalue weighted by molar-refractivity contribution is 0.254. The Hall–Kier alpha value is -3.34. The fourth-order valence-corrected chi connectivity index (χ4v) is 2.40. The number of aryl methyl sites for hydroxylation is 1. The number of hydrogen-bond acceptors (Lipinski definition) is 3. The molecule has 3 N–H and O–H groups in total. The molecule has 0 aliphatic carbocycles. The summed E-state index contributed by atoms with van der Waals surface area (Å²) in [5.41, 5.74) is 5.89. The number of rotatable bonds is 6. The molecule has 1 aromatic heterocycles. The molecule has 5 nitrogen and oxygen atoms in total. The number of carbonyl (C=O) groups excluding carboxylic acids is 1. The van der Waals surface area contributed by atoms with Crippen LogP contribution >= 0.6 is 0 Å². The molecule has 29 heavy (non-hydrogen) atoms. The molecule has 0 saturated heterocycles. The number of urea groups is 1. The van der Waals surface area contributed by atoms with Gasteiger partial charge in [-0.2, -0.15) is 0 Å². The molecule has 0 spiro atoms. The van der Waals surface area contributed by atoms with Crippen molar-refractivity contribution < 1.29 is 4.79 Å². The lowest BCUT2D eigenvalue weighted by atomic mass is 9.87. The zero-order valence-corrected chi connectivity index (χ0v) is 17.9. The molecule has 5 heteroatoms. The molecule has 2 amide bonds. The molecule has 152 valence electrons. The zero-order valence-electron chi connectivity index (χ0n) is 17.9. The largest absolute Gasteiger partial charge is 0.354 e. The molecule has 0 saturated carbocycles. The molecule has 2 aromatic rings. The molecular weight excluding hydrogens is 360 g/mol. The third-order valence-corrected chi connectivity index (χ3v) is 4.51. The van der Waals surface area contributed by atoms with Crippen LogP contribution in [0.4, 0.5) is 16.2 Å². The lowest BCUT2D eigenvalue weighted by Gasteiger charge is -2.20. The third kappa shape index (κ3) is 6.96. The Kier molecular flexibility index (Phi) is 6.99. The van der Waals surface area contributed by atoms with Gasteiger partial charge in [-0.1, -0.05) is 39.5 Å². The van der Waals surface area contributed by atoms with E-state index in [0.29, 0.717) is 17.1 Å². The van der Waals surface area contributed by atoms with Crippen LogP contribution in [0.5, 0.6) is 0 Å². The molecule has 2 rings (SSSR count). The molecule has 0 unspecified atom stereocenters. The van der Waals surface area contributed by atoms with E-state index in [0.717, 1.165) is 22.5 Å². The summed E-state index contributed by atoms with van der Waals surface area (Å²) in [6.07, 6.45) is 3.65. The van der Waals surface area contributed by atoms with Gasteiger partial charge in [-0.3, -0.25) is 4.98 Å². The SMILES string of the molecule is C=C(/C=C(\C)C(C)(C)C)NC(=O)Nc1ccc(NC(=C)c2cc(C)ccn2)cc1. The second-order valence-corrected chi connectivity index (χ2v) is 8.08. The van der Waals surface area contributed by atoms with E-state index in [9.17, 15) is 4.79 Å². The number of amides is 2. The number of nitrogens with one attached hydrogen (secondary N) is 3. The quantitative estimate of drug-likeness (QED) is 0.522. The van der Waals surface area contributed by atoms with Gasteiger partial charge in [0.1, 0.15) is 0 Å². The van der Waals surface area contributed by atoms with E-state index >= 15 is 0 Å². The molecule has 1 heterocycles. The van der Waals surface area contributed by atoms with Crippen molar-refractivity contribution in [3.63, 3.8) is 0 Å². The van der Waals surface area contributed by atoms with Gasteiger partial charge in [0.15, 0.2) is 0 Å². The van der Waals surface area contributed by atoms with Crippen molar-refractivity contribution in [1.82, 2.24) is 10.3 Å². The van der Waals surface area contributed by atoms with Crippen LogP contribution in [-0.2, 0) is 0 Å². The van der Waals surface area contributed by atoms with Crippen LogP contribution in [0.25, 0.3) is 5.70 Å². The number of carbonyl (C=O) groups is 1. The highest BCUT2D eigenvalue weighted by Gasteiger charge is 2.13. The molecule has 1 aromatic carbocycles. The van der Waals surface area contributed by atoms with Crippen LogP contribution in [0.1, 0.15) is 39.0 Å². The van der Waals surface area contributed by atoms with Gasteiger partial charge in [0.25, 0.3) is 0 Å². The van der Waals surface area contributed by atoms with Crippen LogP contribution in [0.15, 0.2) is 73.1 Å². The first kappa shape index (κ1) is 22.0. The fourth-order valence-electron chi connectivity index (χ4n) is 2.40. The predicted octanol–water partition coefficient (Wildman–Crippen LogP) is 6.10. The first-order valence-electron chi connectivity index (χ1n) is 9.49. The highest BCUT2D eigenvalue weighted by Crippen LogP contribution is 2.25. The topological polar surface area (TPSA) is 66.1 Å². The van der Waals surface area contributed by atoms with E-state index in [-0.39, 0.29) is 11.4 Å². The number of aromatic nitrogens is 1. The summed E-state index contributed by atoms with van der Waals surface area (Å²) < 4.78 is 0. The highest BCUT2D eigenvalue weighted by molar-refractivity contribution is 5.91. The van der Waals surface area contributed by atoms with Crippen LogP contribution in [0.3, 0.4) is 0 Å². The Morgan fingerprint density at radius 2 is 1.62 bits per heavy atom. The Morgan fingerprint density at radius 1 is 1.03 bits per heavy atom. The molecule has 0 bridgehead atoms. The minimum atomic E-state index is -0.331. The molecule has 0 fully saturated rings. The lowest BCUT2D eigenvalue weighted by Crippen LogP contribution is -2.27. The fraction of sp³-hybridized carbons (Fsp3) is 0.250. The monoisotopic (exact) mass is 390 g/mol. The number of allylic oxidation sites excluding steroid dienone is 2. The summed E-state index contributed by atoms with van der Waals surface area (Å²) in [7, 11) is 0. The van der Waals surface area contributed by atoms with Gasteiger partial charge in [-0.25, -0.2) is 4.79 Å². The number of anilines is 2. The number of pyridine rings is 1. The van der Waals surface area contributed by atoms with Crippen LogP contribution < -0.4 is 16.0 Å². The Morgan fingerprint density at radius 3 is 2.17 bits per heavy atom. The maximum Gasteiger partial charge on any atom is 0.323 e. The van der Waals surface area contributed by atoms with Gasteiger partial charge >= 0.3 is 6.03 Å². The maximum atomic E-state index is 12.2. The molecule has 0 aliphatic rings. The molecule has 0 aliphatic heterocycles. The summed E-state index contributed by atoms with van der Waals surface area (Å²) in [4.78, 5) is 16.5. The second kappa shape index (κ2) is 9.24. The zero-order chi connectivity index (χ0) is 21.6. The minimum absolute atomic E-state index is 0.0297.